The van der Waals surface area contributed by atoms with Crippen molar-refractivity contribution >= 4 is 34.9 Å². The monoisotopic (exact) mass is 329 g/mol. The van der Waals surface area contributed by atoms with Gasteiger partial charge in [-0.15, -0.1) is 0 Å². The van der Waals surface area contributed by atoms with Gasteiger partial charge in [-0.25, -0.2) is 4.79 Å². The number of amides is 2. The van der Waals surface area contributed by atoms with Gasteiger partial charge in [0, 0.05) is 17.6 Å². The van der Waals surface area contributed by atoms with E-state index < -0.39 is 0 Å². The molecule has 6 heteroatoms. The third-order valence-corrected chi connectivity index (χ3v) is 4.66. The van der Waals surface area contributed by atoms with Gasteiger partial charge in [0.15, 0.2) is 0 Å². The summed E-state index contributed by atoms with van der Waals surface area (Å²) in [6.07, 6.45) is 3.21. The molecular weight excluding hydrogens is 309 g/mol. The molecule has 1 aliphatic rings. The van der Waals surface area contributed by atoms with Gasteiger partial charge in [0.2, 0.25) is 0 Å². The average Bonchev–Trinajstić information content (AvgIpc) is 2.92. The van der Waals surface area contributed by atoms with Crippen LogP contribution in [-0.2, 0) is 0 Å². The minimum atomic E-state index is -0.146. The molecule has 1 aromatic carbocycles. The van der Waals surface area contributed by atoms with Crippen molar-refractivity contribution in [1.82, 2.24) is 4.90 Å². The molecule has 1 fully saturated rings. The molecule has 1 saturated carbocycles. The Morgan fingerprint density at radius 3 is 2.86 bits per heavy atom. The summed E-state index contributed by atoms with van der Waals surface area (Å²) in [7, 11) is 0. The molecule has 2 amide bonds. The standard InChI is InChI=1S/C15H21Cl2N3O/c1-2-20(14-5-3-4-10(14)9-18)15(21)19-13-8-11(16)6-7-12(13)17/h6-8,10,14H,2-5,9,18H2,1H3,(H,19,21). The minimum Gasteiger partial charge on any atom is -0.330 e. The van der Waals surface area contributed by atoms with Crippen LogP contribution >= 0.6 is 23.2 Å². The van der Waals surface area contributed by atoms with Gasteiger partial charge in [0.05, 0.1) is 10.7 Å². The van der Waals surface area contributed by atoms with E-state index in [-0.39, 0.29) is 12.1 Å². The SMILES string of the molecule is CCN(C(=O)Nc1cc(Cl)ccc1Cl)C1CCCC1CN. The summed E-state index contributed by atoms with van der Waals surface area (Å²) in [6, 6.07) is 5.09. The Morgan fingerprint density at radius 1 is 1.43 bits per heavy atom. The molecule has 116 valence electrons. The Balaban J connectivity index is 2.11. The molecule has 4 nitrogen and oxygen atoms in total. The fourth-order valence-corrected chi connectivity index (χ4v) is 3.35. The van der Waals surface area contributed by atoms with E-state index in [0.29, 0.717) is 34.7 Å². The van der Waals surface area contributed by atoms with E-state index in [0.717, 1.165) is 19.3 Å². The zero-order valence-corrected chi connectivity index (χ0v) is 13.6. The van der Waals surface area contributed by atoms with E-state index in [9.17, 15) is 4.79 Å². The molecule has 2 rings (SSSR count). The van der Waals surface area contributed by atoms with Crippen LogP contribution in [0.3, 0.4) is 0 Å². The maximum atomic E-state index is 12.5. The maximum Gasteiger partial charge on any atom is 0.322 e. The van der Waals surface area contributed by atoms with Gasteiger partial charge >= 0.3 is 6.03 Å². The molecule has 0 aromatic heterocycles. The largest absolute Gasteiger partial charge is 0.330 e. The lowest BCUT2D eigenvalue weighted by molar-refractivity contribution is 0.175. The molecular formula is C15H21Cl2N3O. The first-order valence-corrected chi connectivity index (χ1v) is 8.05. The van der Waals surface area contributed by atoms with Gasteiger partial charge in [0.1, 0.15) is 0 Å². The Labute approximate surface area is 135 Å². The number of rotatable bonds is 4. The summed E-state index contributed by atoms with van der Waals surface area (Å²) in [5.41, 5.74) is 6.35. The smallest absolute Gasteiger partial charge is 0.322 e. The van der Waals surface area contributed by atoms with Crippen molar-refractivity contribution in [2.75, 3.05) is 18.4 Å². The third-order valence-electron chi connectivity index (χ3n) is 4.09. The first-order chi connectivity index (χ1) is 10.1. The van der Waals surface area contributed by atoms with E-state index in [1.54, 1.807) is 18.2 Å². The van der Waals surface area contributed by atoms with Crippen molar-refractivity contribution < 1.29 is 4.79 Å². The summed E-state index contributed by atoms with van der Waals surface area (Å²) < 4.78 is 0. The number of halogens is 2. The Kier molecular flexibility index (Phi) is 5.73. The van der Waals surface area contributed by atoms with Crippen LogP contribution in [0.25, 0.3) is 0 Å². The van der Waals surface area contributed by atoms with Gasteiger partial charge in [-0.05, 0) is 50.4 Å². The molecule has 1 aliphatic carbocycles. The lowest BCUT2D eigenvalue weighted by atomic mass is 10.0. The first-order valence-electron chi connectivity index (χ1n) is 7.29. The number of hydrogen-bond acceptors (Lipinski definition) is 2. The summed E-state index contributed by atoms with van der Waals surface area (Å²) in [5.74, 6) is 0.380. The van der Waals surface area contributed by atoms with Crippen molar-refractivity contribution in [3.63, 3.8) is 0 Å². The zero-order chi connectivity index (χ0) is 15.4. The summed E-state index contributed by atoms with van der Waals surface area (Å²) >= 11 is 12.0. The second-order valence-corrected chi connectivity index (χ2v) is 6.18. The van der Waals surface area contributed by atoms with E-state index in [4.69, 9.17) is 28.9 Å². The van der Waals surface area contributed by atoms with Crippen LogP contribution in [-0.4, -0.2) is 30.1 Å². The van der Waals surface area contributed by atoms with E-state index in [2.05, 4.69) is 5.32 Å². The molecule has 0 aliphatic heterocycles. The number of hydrogen-bond donors (Lipinski definition) is 2. The molecule has 0 heterocycles. The highest BCUT2D eigenvalue weighted by Crippen LogP contribution is 2.31. The van der Waals surface area contributed by atoms with Crippen molar-refractivity contribution in [2.24, 2.45) is 11.7 Å². The highest BCUT2D eigenvalue weighted by molar-refractivity contribution is 6.35. The van der Waals surface area contributed by atoms with Crippen LogP contribution in [0.2, 0.25) is 10.0 Å². The van der Waals surface area contributed by atoms with Crippen LogP contribution in [0.15, 0.2) is 18.2 Å². The Hall–Kier alpha value is -0.970. The Morgan fingerprint density at radius 2 is 2.19 bits per heavy atom. The van der Waals surface area contributed by atoms with Gasteiger partial charge in [-0.1, -0.05) is 29.6 Å². The van der Waals surface area contributed by atoms with E-state index in [1.807, 2.05) is 11.8 Å². The highest BCUT2D eigenvalue weighted by Gasteiger charge is 2.33. The number of carbonyl (C=O) groups excluding carboxylic acids is 1. The lowest BCUT2D eigenvalue weighted by Gasteiger charge is -2.32. The highest BCUT2D eigenvalue weighted by atomic mass is 35.5. The molecule has 0 saturated heterocycles. The summed E-state index contributed by atoms with van der Waals surface area (Å²) in [4.78, 5) is 14.4. The number of urea groups is 1. The third kappa shape index (κ3) is 3.82. The molecule has 21 heavy (non-hydrogen) atoms. The number of carbonyl (C=O) groups is 1. The quantitative estimate of drug-likeness (QED) is 0.877. The second-order valence-electron chi connectivity index (χ2n) is 5.33. The van der Waals surface area contributed by atoms with Crippen molar-refractivity contribution in [1.29, 1.82) is 0 Å². The first kappa shape index (κ1) is 16.4. The van der Waals surface area contributed by atoms with E-state index >= 15 is 0 Å². The molecule has 1 aromatic rings. The molecule has 0 radical (unpaired) electrons. The number of nitrogens with one attached hydrogen (secondary N) is 1. The minimum absolute atomic E-state index is 0.146. The molecule has 2 atom stereocenters. The van der Waals surface area contributed by atoms with Crippen molar-refractivity contribution in [3.05, 3.63) is 28.2 Å². The average molecular weight is 330 g/mol. The maximum absolute atomic E-state index is 12.5. The van der Waals surface area contributed by atoms with Gasteiger partial charge < -0.3 is 16.0 Å². The van der Waals surface area contributed by atoms with Crippen LogP contribution in [0.5, 0.6) is 0 Å². The number of nitrogens with two attached hydrogens (primary N) is 1. The van der Waals surface area contributed by atoms with E-state index in [1.165, 1.54) is 0 Å². The van der Waals surface area contributed by atoms with Crippen molar-refractivity contribution in [3.8, 4) is 0 Å². The molecule has 0 spiro atoms. The molecule has 0 bridgehead atoms. The van der Waals surface area contributed by atoms with Crippen LogP contribution in [0.1, 0.15) is 26.2 Å². The number of benzene rings is 1. The summed E-state index contributed by atoms with van der Waals surface area (Å²) in [6.45, 7) is 3.24. The second kappa shape index (κ2) is 7.34. The van der Waals surface area contributed by atoms with Crippen LogP contribution in [0, 0.1) is 5.92 Å². The molecule has 2 unspecified atom stereocenters. The summed E-state index contributed by atoms with van der Waals surface area (Å²) in [5, 5.41) is 3.87. The zero-order valence-electron chi connectivity index (χ0n) is 12.1. The van der Waals surface area contributed by atoms with Gasteiger partial charge in [-0.3, -0.25) is 0 Å². The normalized spacial score (nSPS) is 21.3. The fourth-order valence-electron chi connectivity index (χ4n) is 3.01. The fraction of sp³-hybridized carbons (Fsp3) is 0.533. The molecule has 3 N–H and O–H groups in total. The predicted octanol–water partition coefficient (Wildman–Crippen LogP) is 3.97. The topological polar surface area (TPSA) is 58.4 Å². The number of anilines is 1. The van der Waals surface area contributed by atoms with Crippen molar-refractivity contribution in [2.45, 2.75) is 32.2 Å². The Bertz CT molecular complexity index is 510. The van der Waals surface area contributed by atoms with Crippen LogP contribution < -0.4 is 11.1 Å². The lowest BCUT2D eigenvalue weighted by Crippen LogP contribution is -2.46. The van der Waals surface area contributed by atoms with Crippen LogP contribution in [0.4, 0.5) is 10.5 Å². The van der Waals surface area contributed by atoms with Gasteiger partial charge in [-0.2, -0.15) is 0 Å². The number of nitrogens with zero attached hydrogens (tertiary/aromatic N) is 1. The van der Waals surface area contributed by atoms with Gasteiger partial charge in [0.25, 0.3) is 0 Å². The predicted molar refractivity (Wildman–Crippen MR) is 88.0 cm³/mol.